The van der Waals surface area contributed by atoms with Crippen LogP contribution in [0.3, 0.4) is 0 Å². The first-order valence-corrected chi connectivity index (χ1v) is 0.183. The molecule has 0 aromatic rings. The Morgan fingerprint density at radius 2 is 1.25 bits per heavy atom. The minimum absolute atomic E-state index is 0. The molecule has 0 aliphatic rings. The molecule has 0 heterocycles. The molecule has 0 saturated carbocycles. The van der Waals surface area contributed by atoms with Crippen LogP contribution < -0.4 is 5.59 Å². The monoisotopic (exact) mass is 89.9 g/mol. The third kappa shape index (κ3) is 40.5. The van der Waals surface area contributed by atoms with Crippen LogP contribution in [-0.4, -0.2) is 0 Å². The third-order valence-electron chi connectivity index (χ3n) is 0. The van der Waals surface area contributed by atoms with Gasteiger partial charge in [0.15, 0.2) is 0 Å². The summed E-state index contributed by atoms with van der Waals surface area (Å²) in [6.07, 6.45) is 0. The Labute approximate surface area is 40.2 Å². The first-order valence-electron chi connectivity index (χ1n) is 0.183. The molecule has 3 heteroatoms. The molecule has 19 valence electrons. The van der Waals surface area contributed by atoms with Gasteiger partial charge in [-0.25, -0.2) is 0 Å². The molecule has 0 atom stereocenters. The third-order valence-corrected chi connectivity index (χ3v) is 0. The summed E-state index contributed by atoms with van der Waals surface area (Å²) in [7, 11) is 0. The van der Waals surface area contributed by atoms with E-state index in [0.717, 1.165) is 0 Å². The topological polar surface area (TPSA) is 39.4 Å². The van der Waals surface area contributed by atoms with Crippen LogP contribution in [0.25, 0.3) is 0 Å². The largest absolute Gasteiger partial charge is 0.120 e. The molecule has 0 fully saturated rings. The average molecular weight is 89.9 g/mol. The molecule has 5 radical (unpaired) electrons. The summed E-state index contributed by atoms with van der Waals surface area (Å²) in [6, 6.07) is 0. The molecule has 0 bridgehead atoms. The second kappa shape index (κ2) is 180. The smallest absolute Gasteiger partial charge is 0.120 e. The molecule has 0 N–H and O–H groups in total. The van der Waals surface area contributed by atoms with Gasteiger partial charge in [0.1, 0.15) is 5.59 Å². The second-order valence-corrected chi connectivity index (χ2v) is 0. The molecule has 0 unspecified atom stereocenters. The van der Waals surface area contributed by atoms with Crippen LogP contribution in [0.15, 0.2) is 0 Å². The van der Waals surface area contributed by atoms with Crippen molar-refractivity contribution in [2.75, 3.05) is 0 Å². The summed E-state index contributed by atoms with van der Waals surface area (Å²) < 4.78 is 0. The van der Waals surface area contributed by atoms with Crippen LogP contribution in [-0.2, 0) is 21.7 Å². The van der Waals surface area contributed by atoms with Crippen molar-refractivity contribution in [1.82, 2.24) is 5.59 Å². The zero-order valence-electron chi connectivity index (χ0n) is 1.86. The van der Waals surface area contributed by atoms with Gasteiger partial charge < -0.3 is 0 Å². The molecule has 0 aromatic carbocycles. The fourth-order valence-electron chi connectivity index (χ4n) is 0. The minimum Gasteiger partial charge on any atom is -0.120 e. The van der Waals surface area contributed by atoms with Crippen LogP contribution in [0.2, 0.25) is 0 Å². The first-order chi connectivity index (χ1) is 1.00. The second-order valence-electron chi connectivity index (χ2n) is 0. The van der Waals surface area contributed by atoms with Crippen molar-refractivity contribution >= 4 is 0 Å². The maximum Gasteiger partial charge on any atom is 0.120 e. The summed E-state index contributed by atoms with van der Waals surface area (Å²) in [4.78, 5) is 7.25. The number of hydrogen-bond acceptors (Lipinski definition) is 1. The Balaban J connectivity index is -0.00000000500. The van der Waals surface area contributed by atoms with Crippen molar-refractivity contribution < 1.29 is 21.7 Å². The molecule has 0 amide bonds. The van der Waals surface area contributed by atoms with Crippen LogP contribution in [0.1, 0.15) is 0 Å². The van der Waals surface area contributed by atoms with Gasteiger partial charge in [0.25, 0.3) is 0 Å². The van der Waals surface area contributed by atoms with E-state index < -0.39 is 0 Å². The fraction of sp³-hybridized carbons (Fsp3) is 0. The zero-order chi connectivity index (χ0) is 2.00. The fourth-order valence-corrected chi connectivity index (χ4v) is 0. The molecule has 4 heavy (non-hydrogen) atoms. The SMILES string of the molecule is [C].[N]=O.[Ti]. The normalized spacial score (nSPS) is 1.00. The van der Waals surface area contributed by atoms with E-state index in [4.69, 9.17) is 10.5 Å². The van der Waals surface area contributed by atoms with Crippen LogP contribution in [0, 0.1) is 12.3 Å². The Kier molecular flexibility index (Phi) is 1230. The van der Waals surface area contributed by atoms with Crippen molar-refractivity contribution in [3.63, 3.8) is 0 Å². The predicted molar refractivity (Wildman–Crippen MR) is 8.74 cm³/mol. The molecule has 0 saturated heterocycles. The van der Waals surface area contributed by atoms with Gasteiger partial charge in [-0.1, -0.05) is 0 Å². The molecule has 0 aromatic heterocycles. The maximum absolute atomic E-state index is 7.25. The van der Waals surface area contributed by atoms with Gasteiger partial charge in [-0.05, 0) is 0 Å². The first kappa shape index (κ1) is 27.4. The van der Waals surface area contributed by atoms with E-state index >= 15 is 0 Å². The van der Waals surface area contributed by atoms with Gasteiger partial charge >= 0.3 is 0 Å². The number of hydrogen-bond donors (Lipinski definition) is 0. The molecular weight excluding hydrogens is 89.9 g/mol. The summed E-state index contributed by atoms with van der Waals surface area (Å²) in [5, 5.41) is 0. The number of nitroso groups, excluding NO2 is 1. The molecular formula is CNOTi. The van der Waals surface area contributed by atoms with Gasteiger partial charge in [0.05, 0.1) is 0 Å². The van der Waals surface area contributed by atoms with Crippen LogP contribution in [0.5, 0.6) is 0 Å². The van der Waals surface area contributed by atoms with Gasteiger partial charge in [0, 0.05) is 29.1 Å². The van der Waals surface area contributed by atoms with Crippen LogP contribution in [0.4, 0.5) is 0 Å². The van der Waals surface area contributed by atoms with Crippen molar-refractivity contribution in [1.29, 1.82) is 0 Å². The van der Waals surface area contributed by atoms with Crippen molar-refractivity contribution in [2.45, 2.75) is 0 Å². The zero-order valence-corrected chi connectivity index (χ0v) is 3.42. The molecule has 0 aliphatic heterocycles. The van der Waals surface area contributed by atoms with E-state index in [-0.39, 0.29) is 29.1 Å². The molecule has 2 nitrogen and oxygen atoms in total. The van der Waals surface area contributed by atoms with Crippen molar-refractivity contribution in [3.05, 3.63) is 12.3 Å². The summed E-state index contributed by atoms with van der Waals surface area (Å²) in [5.41, 5.74) is 5.75. The van der Waals surface area contributed by atoms with E-state index in [9.17, 15) is 0 Å². The number of rotatable bonds is 0. The van der Waals surface area contributed by atoms with Gasteiger partial charge in [-0.3, -0.25) is 0 Å². The Hall–Kier alpha value is 0.314. The van der Waals surface area contributed by atoms with E-state index in [1.165, 1.54) is 0 Å². The molecule has 0 aliphatic carbocycles. The van der Waals surface area contributed by atoms with E-state index in [1.807, 2.05) is 0 Å². The van der Waals surface area contributed by atoms with Crippen molar-refractivity contribution in [3.8, 4) is 0 Å². The van der Waals surface area contributed by atoms with Gasteiger partial charge in [0.2, 0.25) is 0 Å². The minimum atomic E-state index is 0. The van der Waals surface area contributed by atoms with E-state index in [2.05, 4.69) is 0 Å². The van der Waals surface area contributed by atoms with Crippen molar-refractivity contribution in [2.24, 2.45) is 0 Å². The van der Waals surface area contributed by atoms with Gasteiger partial charge in [-0.15, -0.1) is 4.91 Å². The predicted octanol–water partition coefficient (Wildman–Crippen LogP) is -0.368. The summed E-state index contributed by atoms with van der Waals surface area (Å²) in [5.74, 6) is 0. The Morgan fingerprint density at radius 3 is 1.25 bits per heavy atom. The number of nitrogens with zero attached hydrogens (tertiary/aromatic N) is 1. The van der Waals surface area contributed by atoms with E-state index in [1.54, 1.807) is 0 Å². The Bertz CT molecular complexity index is 8.00. The quantitative estimate of drug-likeness (QED) is 0.374. The molecule has 0 spiro atoms. The average Bonchev–Trinajstić information content (AvgIpc) is 1.00. The maximum atomic E-state index is 7.25. The standard InChI is InChI=1S/C.NO.Ti/c;1-2;. The van der Waals surface area contributed by atoms with E-state index in [0.29, 0.717) is 0 Å². The van der Waals surface area contributed by atoms with Crippen LogP contribution >= 0.6 is 0 Å². The Morgan fingerprint density at radius 1 is 1.25 bits per heavy atom. The summed E-state index contributed by atoms with van der Waals surface area (Å²) >= 11 is 0. The molecule has 0 rings (SSSR count). The summed E-state index contributed by atoms with van der Waals surface area (Å²) in [6.45, 7) is 0. The van der Waals surface area contributed by atoms with Gasteiger partial charge in [-0.2, -0.15) is 0 Å².